The zero-order valence-corrected chi connectivity index (χ0v) is 15.7. The molecule has 0 aromatic heterocycles. The minimum absolute atomic E-state index is 0.225. The van der Waals surface area contributed by atoms with Crippen molar-refractivity contribution < 1.29 is 14.9 Å². The summed E-state index contributed by atoms with van der Waals surface area (Å²) in [6, 6.07) is 20.9. The van der Waals surface area contributed by atoms with Gasteiger partial charge in [-0.25, -0.2) is 0 Å². The van der Waals surface area contributed by atoms with Crippen LogP contribution in [0.15, 0.2) is 60.7 Å². The summed E-state index contributed by atoms with van der Waals surface area (Å²) in [6.45, 7) is 2.19. The maximum absolute atomic E-state index is 9.36. The van der Waals surface area contributed by atoms with E-state index in [9.17, 15) is 10.2 Å². The van der Waals surface area contributed by atoms with Crippen molar-refractivity contribution in [3.8, 4) is 16.9 Å². The van der Waals surface area contributed by atoms with Gasteiger partial charge in [0.2, 0.25) is 0 Å². The molecule has 3 aromatic rings. The standard InChI is InChI=1S/C23H27NO3/c1-2-27-22-9-8-20-13-19(6-7-21(20)14-22)18-5-3-4-17(12-18)10-11-23(24,15-25)16-26/h3-9,12-14,25-26H,2,10-11,15-16,24H2,1H3. The molecule has 142 valence electrons. The summed E-state index contributed by atoms with van der Waals surface area (Å²) in [5, 5.41) is 21.0. The lowest BCUT2D eigenvalue weighted by molar-refractivity contribution is 0.115. The maximum Gasteiger partial charge on any atom is 0.119 e. The Balaban J connectivity index is 1.82. The second-order valence-electron chi connectivity index (χ2n) is 7.04. The Kier molecular flexibility index (Phi) is 6.11. The Morgan fingerprint density at radius 1 is 0.889 bits per heavy atom. The summed E-state index contributed by atoms with van der Waals surface area (Å²) in [7, 11) is 0. The highest BCUT2D eigenvalue weighted by molar-refractivity contribution is 5.88. The third kappa shape index (κ3) is 4.66. The highest BCUT2D eigenvalue weighted by Gasteiger charge is 2.22. The molecule has 0 spiro atoms. The van der Waals surface area contributed by atoms with Crippen molar-refractivity contribution in [3.05, 3.63) is 66.2 Å². The van der Waals surface area contributed by atoms with E-state index in [0.29, 0.717) is 19.4 Å². The molecule has 4 N–H and O–H groups in total. The zero-order chi connectivity index (χ0) is 19.3. The SMILES string of the molecule is CCOc1ccc2cc(-c3cccc(CCC(N)(CO)CO)c3)ccc2c1. The molecule has 0 unspecified atom stereocenters. The smallest absolute Gasteiger partial charge is 0.119 e. The van der Waals surface area contributed by atoms with E-state index in [0.717, 1.165) is 27.8 Å². The van der Waals surface area contributed by atoms with Crippen molar-refractivity contribution in [3.63, 3.8) is 0 Å². The van der Waals surface area contributed by atoms with Crippen LogP contribution in [0.2, 0.25) is 0 Å². The van der Waals surface area contributed by atoms with Crippen LogP contribution in [-0.4, -0.2) is 35.6 Å². The summed E-state index contributed by atoms with van der Waals surface area (Å²) in [5.41, 5.74) is 8.47. The first-order valence-corrected chi connectivity index (χ1v) is 9.33. The molecule has 0 aliphatic heterocycles. The van der Waals surface area contributed by atoms with Crippen LogP contribution >= 0.6 is 0 Å². The van der Waals surface area contributed by atoms with Crippen LogP contribution in [-0.2, 0) is 6.42 Å². The van der Waals surface area contributed by atoms with Gasteiger partial charge in [0.05, 0.1) is 25.4 Å². The van der Waals surface area contributed by atoms with Crippen LogP contribution < -0.4 is 10.5 Å². The largest absolute Gasteiger partial charge is 0.494 e. The Labute approximate surface area is 160 Å². The van der Waals surface area contributed by atoms with Gasteiger partial charge in [-0.1, -0.05) is 42.5 Å². The lowest BCUT2D eigenvalue weighted by Crippen LogP contribution is -2.47. The number of hydrogen-bond acceptors (Lipinski definition) is 4. The van der Waals surface area contributed by atoms with Crippen molar-refractivity contribution >= 4 is 10.8 Å². The van der Waals surface area contributed by atoms with Crippen LogP contribution in [0.4, 0.5) is 0 Å². The maximum atomic E-state index is 9.36. The predicted octanol–water partition coefficient (Wildman–Crippen LogP) is 3.52. The van der Waals surface area contributed by atoms with Crippen molar-refractivity contribution in [2.24, 2.45) is 5.73 Å². The van der Waals surface area contributed by atoms with Crippen LogP contribution in [0.5, 0.6) is 5.75 Å². The predicted molar refractivity (Wildman–Crippen MR) is 110 cm³/mol. The van der Waals surface area contributed by atoms with Gasteiger partial charge >= 0.3 is 0 Å². The average Bonchev–Trinajstić information content (AvgIpc) is 2.72. The Bertz CT molecular complexity index is 903. The lowest BCUT2D eigenvalue weighted by atomic mass is 9.92. The number of rotatable bonds is 8. The quantitative estimate of drug-likeness (QED) is 0.571. The number of ether oxygens (including phenoxy) is 1. The third-order valence-electron chi connectivity index (χ3n) is 4.92. The number of aliphatic hydroxyl groups is 2. The molecule has 4 heteroatoms. The molecule has 0 fully saturated rings. The van der Waals surface area contributed by atoms with Gasteiger partial charge in [0.1, 0.15) is 5.75 Å². The topological polar surface area (TPSA) is 75.7 Å². The summed E-state index contributed by atoms with van der Waals surface area (Å²) in [5.74, 6) is 0.887. The molecular formula is C23H27NO3. The van der Waals surface area contributed by atoms with Gasteiger partial charge in [0.15, 0.2) is 0 Å². The molecule has 3 rings (SSSR count). The van der Waals surface area contributed by atoms with Crippen molar-refractivity contribution in [1.82, 2.24) is 0 Å². The normalized spacial score (nSPS) is 11.7. The molecule has 0 atom stereocenters. The number of nitrogens with two attached hydrogens (primary N) is 1. The zero-order valence-electron chi connectivity index (χ0n) is 15.7. The van der Waals surface area contributed by atoms with Crippen LogP contribution in [0.25, 0.3) is 21.9 Å². The number of aliphatic hydroxyl groups excluding tert-OH is 2. The summed E-state index contributed by atoms with van der Waals surface area (Å²) < 4.78 is 5.57. The Morgan fingerprint density at radius 3 is 2.33 bits per heavy atom. The molecule has 4 nitrogen and oxygen atoms in total. The van der Waals surface area contributed by atoms with E-state index < -0.39 is 5.54 Å². The van der Waals surface area contributed by atoms with E-state index in [2.05, 4.69) is 42.5 Å². The van der Waals surface area contributed by atoms with Crippen molar-refractivity contribution in [1.29, 1.82) is 0 Å². The molecule has 0 saturated heterocycles. The summed E-state index contributed by atoms with van der Waals surface area (Å²) in [6.07, 6.45) is 1.23. The molecular weight excluding hydrogens is 338 g/mol. The van der Waals surface area contributed by atoms with Gasteiger partial charge < -0.3 is 20.7 Å². The molecule has 0 amide bonds. The van der Waals surface area contributed by atoms with Gasteiger partial charge in [-0.3, -0.25) is 0 Å². The fraction of sp³-hybridized carbons (Fsp3) is 0.304. The average molecular weight is 365 g/mol. The van der Waals surface area contributed by atoms with Crippen LogP contribution in [0.1, 0.15) is 18.9 Å². The second kappa shape index (κ2) is 8.53. The van der Waals surface area contributed by atoms with Gasteiger partial charge in [0, 0.05) is 0 Å². The van der Waals surface area contributed by atoms with E-state index in [4.69, 9.17) is 10.5 Å². The summed E-state index contributed by atoms with van der Waals surface area (Å²) in [4.78, 5) is 0. The molecule has 0 heterocycles. The fourth-order valence-electron chi connectivity index (χ4n) is 3.17. The molecule has 0 radical (unpaired) electrons. The second-order valence-corrected chi connectivity index (χ2v) is 7.04. The Hall–Kier alpha value is -2.40. The molecule has 0 aliphatic carbocycles. The molecule has 3 aromatic carbocycles. The number of hydrogen-bond donors (Lipinski definition) is 3. The van der Waals surface area contributed by atoms with Crippen LogP contribution in [0, 0.1) is 0 Å². The number of fused-ring (bicyclic) bond motifs is 1. The van der Waals surface area contributed by atoms with Crippen molar-refractivity contribution in [2.45, 2.75) is 25.3 Å². The van der Waals surface area contributed by atoms with Gasteiger partial charge in [-0.05, 0) is 65.4 Å². The van der Waals surface area contributed by atoms with E-state index in [-0.39, 0.29) is 13.2 Å². The van der Waals surface area contributed by atoms with Crippen molar-refractivity contribution in [2.75, 3.05) is 19.8 Å². The first kappa shape index (κ1) is 19.4. The highest BCUT2D eigenvalue weighted by atomic mass is 16.5. The van der Waals surface area contributed by atoms with E-state index in [1.165, 1.54) is 5.39 Å². The first-order chi connectivity index (χ1) is 13.1. The molecule has 0 bridgehead atoms. The number of benzene rings is 3. The lowest BCUT2D eigenvalue weighted by Gasteiger charge is -2.24. The van der Waals surface area contributed by atoms with Gasteiger partial charge in [-0.15, -0.1) is 0 Å². The minimum Gasteiger partial charge on any atom is -0.494 e. The first-order valence-electron chi connectivity index (χ1n) is 9.33. The minimum atomic E-state index is -0.933. The van der Waals surface area contributed by atoms with E-state index in [1.807, 2.05) is 25.1 Å². The monoisotopic (exact) mass is 365 g/mol. The third-order valence-corrected chi connectivity index (χ3v) is 4.92. The molecule has 0 aliphatic rings. The Morgan fingerprint density at radius 2 is 1.59 bits per heavy atom. The summed E-state index contributed by atoms with van der Waals surface area (Å²) >= 11 is 0. The molecule has 0 saturated carbocycles. The fourth-order valence-corrected chi connectivity index (χ4v) is 3.17. The molecule has 27 heavy (non-hydrogen) atoms. The van der Waals surface area contributed by atoms with Gasteiger partial charge in [0.25, 0.3) is 0 Å². The van der Waals surface area contributed by atoms with E-state index in [1.54, 1.807) is 0 Å². The number of aryl methyl sites for hydroxylation is 1. The van der Waals surface area contributed by atoms with Crippen LogP contribution in [0.3, 0.4) is 0 Å². The van der Waals surface area contributed by atoms with E-state index >= 15 is 0 Å². The van der Waals surface area contributed by atoms with Gasteiger partial charge in [-0.2, -0.15) is 0 Å². The highest BCUT2D eigenvalue weighted by Crippen LogP contribution is 2.28.